The third-order valence-electron chi connectivity index (χ3n) is 3.32. The van der Waals surface area contributed by atoms with Crippen LogP contribution in [-0.2, 0) is 4.79 Å². The summed E-state index contributed by atoms with van der Waals surface area (Å²) in [6.45, 7) is 1.88. The third kappa shape index (κ3) is 2.80. The summed E-state index contributed by atoms with van der Waals surface area (Å²) in [7, 11) is 0. The Morgan fingerprint density at radius 1 is 1.05 bits per heavy atom. The fourth-order valence-electron chi connectivity index (χ4n) is 2.20. The molecule has 1 heterocycles. The molecule has 3 nitrogen and oxygen atoms in total. The number of rotatable bonds is 2. The van der Waals surface area contributed by atoms with Gasteiger partial charge in [0.15, 0.2) is 0 Å². The molecule has 2 amide bonds. The highest BCUT2D eigenvalue weighted by Gasteiger charge is 2.36. The van der Waals surface area contributed by atoms with Gasteiger partial charge in [0.05, 0.1) is 10.6 Å². The van der Waals surface area contributed by atoms with E-state index in [0.717, 1.165) is 22.9 Å². The lowest BCUT2D eigenvalue weighted by Gasteiger charge is -2.14. The van der Waals surface area contributed by atoms with Gasteiger partial charge in [0, 0.05) is 5.02 Å². The normalized spacial score (nSPS) is 16.6. The summed E-state index contributed by atoms with van der Waals surface area (Å²) in [4.78, 5) is 26.4. The average molecular weight is 330 g/mol. The van der Waals surface area contributed by atoms with Crippen LogP contribution in [0.1, 0.15) is 11.1 Å². The molecule has 1 aliphatic rings. The second kappa shape index (κ2) is 5.99. The molecule has 0 unspecified atom stereocenters. The van der Waals surface area contributed by atoms with E-state index in [9.17, 15) is 9.59 Å². The number of imide groups is 1. The van der Waals surface area contributed by atoms with Crippen molar-refractivity contribution in [2.45, 2.75) is 6.92 Å². The van der Waals surface area contributed by atoms with Gasteiger partial charge in [-0.2, -0.15) is 0 Å². The molecular weight excluding hydrogens is 318 g/mol. The van der Waals surface area contributed by atoms with E-state index in [-0.39, 0.29) is 11.1 Å². The van der Waals surface area contributed by atoms with Gasteiger partial charge in [-0.25, -0.2) is 4.90 Å². The summed E-state index contributed by atoms with van der Waals surface area (Å²) in [5.74, 6) is -0.292. The minimum atomic E-state index is -0.292. The summed E-state index contributed by atoms with van der Waals surface area (Å²) in [6.07, 6.45) is 1.71. The molecule has 0 N–H and O–H groups in total. The molecule has 0 atom stereocenters. The van der Waals surface area contributed by atoms with Crippen molar-refractivity contribution in [3.63, 3.8) is 0 Å². The Hall–Kier alpha value is -2.04. The fraction of sp³-hybridized carbons (Fsp3) is 0.0588. The third-order valence-corrected chi connectivity index (χ3v) is 4.44. The summed E-state index contributed by atoms with van der Waals surface area (Å²) >= 11 is 6.80. The van der Waals surface area contributed by atoms with Gasteiger partial charge in [-0.3, -0.25) is 9.59 Å². The zero-order chi connectivity index (χ0) is 15.7. The predicted octanol–water partition coefficient (Wildman–Crippen LogP) is 4.89. The van der Waals surface area contributed by atoms with Crippen molar-refractivity contribution in [1.82, 2.24) is 0 Å². The van der Waals surface area contributed by atoms with E-state index in [1.807, 2.05) is 37.3 Å². The molecule has 1 aliphatic heterocycles. The lowest BCUT2D eigenvalue weighted by Crippen LogP contribution is -2.28. The topological polar surface area (TPSA) is 37.4 Å². The molecular formula is C17H12ClNO2S. The van der Waals surface area contributed by atoms with E-state index in [4.69, 9.17) is 11.6 Å². The van der Waals surface area contributed by atoms with Gasteiger partial charge in [-0.05, 0) is 54.1 Å². The highest BCUT2D eigenvalue weighted by molar-refractivity contribution is 8.19. The Balaban J connectivity index is 1.95. The summed E-state index contributed by atoms with van der Waals surface area (Å²) in [5, 5.41) is 0.352. The number of benzene rings is 2. The lowest BCUT2D eigenvalue weighted by molar-refractivity contribution is -0.113. The van der Waals surface area contributed by atoms with Gasteiger partial charge in [0.2, 0.25) is 0 Å². The molecule has 0 radical (unpaired) electrons. The first-order valence-corrected chi connectivity index (χ1v) is 7.85. The minimum Gasteiger partial charge on any atom is -0.268 e. The Kier molecular flexibility index (Phi) is 4.05. The maximum Gasteiger partial charge on any atom is 0.298 e. The van der Waals surface area contributed by atoms with Crippen LogP contribution < -0.4 is 4.90 Å². The molecule has 0 spiro atoms. The number of para-hydroxylation sites is 1. The predicted molar refractivity (Wildman–Crippen MR) is 91.1 cm³/mol. The van der Waals surface area contributed by atoms with E-state index in [1.165, 1.54) is 4.90 Å². The Bertz CT molecular complexity index is 784. The van der Waals surface area contributed by atoms with Crippen LogP contribution in [0.15, 0.2) is 53.4 Å². The van der Waals surface area contributed by atoms with Crippen LogP contribution in [0.25, 0.3) is 6.08 Å². The van der Waals surface area contributed by atoms with Crippen molar-refractivity contribution < 1.29 is 9.59 Å². The second-order valence-electron chi connectivity index (χ2n) is 4.86. The van der Waals surface area contributed by atoms with E-state index in [0.29, 0.717) is 15.6 Å². The molecule has 0 aliphatic carbocycles. The molecule has 3 rings (SSSR count). The number of halogens is 1. The largest absolute Gasteiger partial charge is 0.298 e. The zero-order valence-corrected chi connectivity index (χ0v) is 13.3. The molecule has 0 bridgehead atoms. The number of hydrogen-bond acceptors (Lipinski definition) is 3. The molecule has 1 fully saturated rings. The van der Waals surface area contributed by atoms with Crippen molar-refractivity contribution >= 4 is 46.3 Å². The maximum absolute atomic E-state index is 12.5. The molecule has 0 saturated carbocycles. The van der Waals surface area contributed by atoms with Gasteiger partial charge in [-0.15, -0.1) is 0 Å². The summed E-state index contributed by atoms with van der Waals surface area (Å²) < 4.78 is 0. The van der Waals surface area contributed by atoms with Crippen LogP contribution >= 0.6 is 23.4 Å². The highest BCUT2D eigenvalue weighted by atomic mass is 35.5. The SMILES string of the molecule is Cc1ccccc1N1C(=O)S/C(=C\c2ccc(Cl)cc2)C1=O. The average Bonchev–Trinajstić information content (AvgIpc) is 2.77. The quantitative estimate of drug-likeness (QED) is 0.736. The van der Waals surface area contributed by atoms with Gasteiger partial charge in [0.25, 0.3) is 11.1 Å². The van der Waals surface area contributed by atoms with Crippen molar-refractivity contribution in [2.75, 3.05) is 4.90 Å². The van der Waals surface area contributed by atoms with Crippen molar-refractivity contribution in [3.8, 4) is 0 Å². The first-order chi connectivity index (χ1) is 10.6. The number of hydrogen-bond donors (Lipinski definition) is 0. The summed E-state index contributed by atoms with van der Waals surface area (Å²) in [6, 6.07) is 14.5. The van der Waals surface area contributed by atoms with Crippen LogP contribution in [0.4, 0.5) is 10.5 Å². The lowest BCUT2D eigenvalue weighted by atomic mass is 10.1. The van der Waals surface area contributed by atoms with Crippen LogP contribution in [0.2, 0.25) is 5.02 Å². The number of nitrogens with zero attached hydrogens (tertiary/aromatic N) is 1. The Morgan fingerprint density at radius 2 is 1.73 bits per heavy atom. The van der Waals surface area contributed by atoms with Crippen LogP contribution in [0, 0.1) is 6.92 Å². The molecule has 2 aromatic rings. The van der Waals surface area contributed by atoms with E-state index in [1.54, 1.807) is 24.3 Å². The first-order valence-electron chi connectivity index (χ1n) is 6.65. The Labute approximate surface area is 137 Å². The fourth-order valence-corrected chi connectivity index (χ4v) is 3.16. The Morgan fingerprint density at radius 3 is 2.41 bits per heavy atom. The number of carbonyl (C=O) groups is 2. The maximum atomic E-state index is 12.5. The smallest absolute Gasteiger partial charge is 0.268 e. The highest BCUT2D eigenvalue weighted by Crippen LogP contribution is 2.36. The van der Waals surface area contributed by atoms with Gasteiger partial charge in [0.1, 0.15) is 0 Å². The van der Waals surface area contributed by atoms with Crippen molar-refractivity contribution in [3.05, 3.63) is 69.6 Å². The van der Waals surface area contributed by atoms with Crippen LogP contribution in [-0.4, -0.2) is 11.1 Å². The van der Waals surface area contributed by atoms with Gasteiger partial charge >= 0.3 is 0 Å². The summed E-state index contributed by atoms with van der Waals surface area (Å²) in [5.41, 5.74) is 2.35. The number of amides is 2. The van der Waals surface area contributed by atoms with E-state index >= 15 is 0 Å². The van der Waals surface area contributed by atoms with Crippen molar-refractivity contribution in [1.29, 1.82) is 0 Å². The van der Waals surface area contributed by atoms with Crippen LogP contribution in [0.3, 0.4) is 0 Å². The van der Waals surface area contributed by atoms with Crippen LogP contribution in [0.5, 0.6) is 0 Å². The number of thioether (sulfide) groups is 1. The molecule has 22 heavy (non-hydrogen) atoms. The standard InChI is InChI=1S/C17H12ClNO2S/c1-11-4-2-3-5-14(11)19-16(20)15(22-17(19)21)10-12-6-8-13(18)9-7-12/h2-10H,1H3/b15-10-. The molecule has 110 valence electrons. The van der Waals surface area contributed by atoms with Gasteiger partial charge in [-0.1, -0.05) is 41.9 Å². The molecule has 0 aromatic heterocycles. The van der Waals surface area contributed by atoms with E-state index < -0.39 is 0 Å². The first kappa shape index (κ1) is 14.9. The number of aryl methyl sites for hydroxylation is 1. The number of anilines is 1. The zero-order valence-electron chi connectivity index (χ0n) is 11.7. The molecule has 5 heteroatoms. The molecule has 1 saturated heterocycles. The second-order valence-corrected chi connectivity index (χ2v) is 6.28. The minimum absolute atomic E-state index is 0.278. The monoisotopic (exact) mass is 329 g/mol. The van der Waals surface area contributed by atoms with Gasteiger partial charge < -0.3 is 0 Å². The van der Waals surface area contributed by atoms with E-state index in [2.05, 4.69) is 0 Å². The number of carbonyl (C=O) groups excluding carboxylic acids is 2. The van der Waals surface area contributed by atoms with Crippen molar-refractivity contribution in [2.24, 2.45) is 0 Å². The molecule has 2 aromatic carbocycles.